The summed E-state index contributed by atoms with van der Waals surface area (Å²) >= 11 is 1.48. The Morgan fingerprint density at radius 1 is 1.03 bits per heavy atom. The molecule has 0 aliphatic carbocycles. The molecule has 0 radical (unpaired) electrons. The summed E-state index contributed by atoms with van der Waals surface area (Å²) in [5, 5.41) is 2.91. The van der Waals surface area contributed by atoms with Gasteiger partial charge in [0.25, 0.3) is 0 Å². The number of anilines is 1. The average Bonchev–Trinajstić information content (AvgIpc) is 3.48. The third-order valence-electron chi connectivity index (χ3n) is 5.27. The van der Waals surface area contributed by atoms with Gasteiger partial charge in [0, 0.05) is 0 Å². The Morgan fingerprint density at radius 3 is 2.72 bits per heavy atom. The van der Waals surface area contributed by atoms with Crippen molar-refractivity contribution in [2.45, 2.75) is 19.9 Å². The third kappa shape index (κ3) is 4.09. The van der Waals surface area contributed by atoms with Gasteiger partial charge in [-0.2, -0.15) is 0 Å². The number of carbonyl (C=O) groups excluding carboxylic acids is 1. The number of fused-ring (bicyclic) bond motifs is 2. The fourth-order valence-corrected chi connectivity index (χ4v) is 4.74. The van der Waals surface area contributed by atoms with Gasteiger partial charge in [0.2, 0.25) is 5.91 Å². The van der Waals surface area contributed by atoms with Gasteiger partial charge in [-0.1, -0.05) is 59.9 Å². The van der Waals surface area contributed by atoms with E-state index in [1.54, 1.807) is 11.2 Å². The summed E-state index contributed by atoms with van der Waals surface area (Å²) < 4.78 is 12.3. The number of hydrogen-bond donors (Lipinski definition) is 0. The van der Waals surface area contributed by atoms with Crippen LogP contribution in [0.5, 0.6) is 5.75 Å². The summed E-state index contributed by atoms with van der Waals surface area (Å²) in [6, 6.07) is 23.8. The molecule has 0 aliphatic heterocycles. The van der Waals surface area contributed by atoms with Crippen LogP contribution in [0.4, 0.5) is 5.13 Å². The minimum absolute atomic E-state index is 0.0336. The smallest absolute Gasteiger partial charge is 0.233 e. The molecule has 6 heteroatoms. The highest BCUT2D eigenvalue weighted by atomic mass is 32.1. The van der Waals surface area contributed by atoms with Crippen LogP contribution in [0, 0.1) is 0 Å². The van der Waals surface area contributed by atoms with E-state index in [2.05, 4.69) is 24.3 Å². The zero-order valence-electron chi connectivity index (χ0n) is 17.7. The maximum Gasteiger partial charge on any atom is 0.233 e. The minimum atomic E-state index is -0.0336. The van der Waals surface area contributed by atoms with Crippen LogP contribution in [-0.4, -0.2) is 17.5 Å². The van der Waals surface area contributed by atoms with Crippen molar-refractivity contribution < 1.29 is 13.9 Å². The molecule has 3 aromatic carbocycles. The summed E-state index contributed by atoms with van der Waals surface area (Å²) in [4.78, 5) is 20.0. The molecule has 0 N–H and O–H groups in total. The number of ether oxygens (including phenoxy) is 1. The molecule has 0 saturated heterocycles. The Balaban J connectivity index is 1.49. The summed E-state index contributed by atoms with van der Waals surface area (Å²) in [5.74, 6) is 1.40. The standard InChI is InChI=1S/C26H22N2O3S/c1-2-30-22-10-5-11-23-25(22)27-26(32-23)28(17-21-9-6-14-31-21)24(29)16-18-12-13-19-7-3-4-8-20(19)15-18/h3-15H,2,16-17H2,1H3. The number of nitrogens with zero attached hydrogens (tertiary/aromatic N) is 2. The maximum absolute atomic E-state index is 13.5. The lowest BCUT2D eigenvalue weighted by atomic mass is 10.0. The van der Waals surface area contributed by atoms with Crippen molar-refractivity contribution in [1.82, 2.24) is 4.98 Å². The molecular weight excluding hydrogens is 420 g/mol. The third-order valence-corrected chi connectivity index (χ3v) is 6.31. The van der Waals surface area contributed by atoms with Crippen molar-refractivity contribution in [1.29, 1.82) is 0 Å². The summed E-state index contributed by atoms with van der Waals surface area (Å²) in [5.41, 5.74) is 1.74. The van der Waals surface area contributed by atoms with Gasteiger partial charge in [0.15, 0.2) is 5.13 Å². The van der Waals surface area contributed by atoms with Crippen LogP contribution in [0.25, 0.3) is 21.0 Å². The molecule has 0 spiro atoms. The van der Waals surface area contributed by atoms with Crippen LogP contribution in [0.1, 0.15) is 18.2 Å². The first-order valence-electron chi connectivity index (χ1n) is 10.5. The number of hydrogen-bond acceptors (Lipinski definition) is 5. The lowest BCUT2D eigenvalue weighted by molar-refractivity contribution is -0.118. The zero-order valence-corrected chi connectivity index (χ0v) is 18.5. The number of thiazole rings is 1. The molecule has 160 valence electrons. The molecule has 5 rings (SSSR count). The van der Waals surface area contributed by atoms with Gasteiger partial charge >= 0.3 is 0 Å². The van der Waals surface area contributed by atoms with Crippen LogP contribution >= 0.6 is 11.3 Å². The molecule has 2 aromatic heterocycles. The van der Waals surface area contributed by atoms with Crippen molar-refractivity contribution in [3.63, 3.8) is 0 Å². The van der Waals surface area contributed by atoms with Crippen LogP contribution < -0.4 is 9.64 Å². The molecule has 5 nitrogen and oxygen atoms in total. The monoisotopic (exact) mass is 442 g/mol. The van der Waals surface area contributed by atoms with Gasteiger partial charge < -0.3 is 9.15 Å². The molecule has 0 fully saturated rings. The minimum Gasteiger partial charge on any atom is -0.492 e. The van der Waals surface area contributed by atoms with Crippen molar-refractivity contribution >= 4 is 43.4 Å². The van der Waals surface area contributed by atoms with Gasteiger partial charge in [-0.05, 0) is 47.5 Å². The largest absolute Gasteiger partial charge is 0.492 e. The Hall–Kier alpha value is -3.64. The second-order valence-corrected chi connectivity index (χ2v) is 8.46. The van der Waals surface area contributed by atoms with Crippen LogP contribution in [-0.2, 0) is 17.8 Å². The van der Waals surface area contributed by atoms with E-state index < -0.39 is 0 Å². The zero-order chi connectivity index (χ0) is 21.9. The van der Waals surface area contributed by atoms with Gasteiger partial charge in [0.05, 0.1) is 30.5 Å². The topological polar surface area (TPSA) is 55.6 Å². The Kier molecular flexibility index (Phi) is 5.60. The van der Waals surface area contributed by atoms with E-state index in [-0.39, 0.29) is 12.3 Å². The highest BCUT2D eigenvalue weighted by molar-refractivity contribution is 7.22. The molecular formula is C26H22N2O3S. The van der Waals surface area contributed by atoms with Gasteiger partial charge in [0.1, 0.15) is 17.0 Å². The van der Waals surface area contributed by atoms with Gasteiger partial charge in [-0.3, -0.25) is 9.69 Å². The number of aromatic nitrogens is 1. The predicted octanol–water partition coefficient (Wildman–Crippen LogP) is 6.22. The van der Waals surface area contributed by atoms with E-state index in [0.29, 0.717) is 24.0 Å². The first-order valence-corrected chi connectivity index (χ1v) is 11.4. The molecule has 0 saturated carbocycles. The predicted molar refractivity (Wildman–Crippen MR) is 128 cm³/mol. The molecule has 5 aromatic rings. The second kappa shape index (κ2) is 8.85. The lowest BCUT2D eigenvalue weighted by Crippen LogP contribution is -2.31. The number of amides is 1. The summed E-state index contributed by atoms with van der Waals surface area (Å²) in [6.45, 7) is 2.83. The summed E-state index contributed by atoms with van der Waals surface area (Å²) in [6.07, 6.45) is 1.90. The maximum atomic E-state index is 13.5. The van der Waals surface area contributed by atoms with Crippen LogP contribution in [0.15, 0.2) is 83.5 Å². The van der Waals surface area contributed by atoms with E-state index in [1.165, 1.54) is 11.3 Å². The fraction of sp³-hybridized carbons (Fsp3) is 0.154. The highest BCUT2D eigenvalue weighted by Gasteiger charge is 2.22. The molecule has 0 unspecified atom stereocenters. The van der Waals surface area contributed by atoms with Crippen molar-refractivity contribution in [2.75, 3.05) is 11.5 Å². The molecule has 0 aliphatic rings. The van der Waals surface area contributed by atoms with Crippen LogP contribution in [0.3, 0.4) is 0 Å². The number of furan rings is 1. The molecule has 0 bridgehead atoms. The number of benzene rings is 3. The first kappa shape index (κ1) is 20.3. The Morgan fingerprint density at radius 2 is 1.91 bits per heavy atom. The molecule has 2 heterocycles. The van der Waals surface area contributed by atoms with Crippen molar-refractivity contribution in [3.8, 4) is 5.75 Å². The SMILES string of the molecule is CCOc1cccc2sc(N(Cc3ccco3)C(=O)Cc3ccc4ccccc4c3)nc12. The molecule has 32 heavy (non-hydrogen) atoms. The van der Waals surface area contributed by atoms with E-state index in [4.69, 9.17) is 14.1 Å². The quantitative estimate of drug-likeness (QED) is 0.300. The number of para-hydroxylation sites is 1. The molecule has 0 atom stereocenters. The van der Waals surface area contributed by atoms with E-state index in [9.17, 15) is 4.79 Å². The van der Waals surface area contributed by atoms with Crippen molar-refractivity contribution in [3.05, 3.63) is 90.4 Å². The van der Waals surface area contributed by atoms with E-state index >= 15 is 0 Å². The number of carbonyl (C=O) groups is 1. The highest BCUT2D eigenvalue weighted by Crippen LogP contribution is 2.35. The first-order chi connectivity index (χ1) is 15.7. The number of rotatable bonds is 7. The van der Waals surface area contributed by atoms with Gasteiger partial charge in [-0.25, -0.2) is 4.98 Å². The molecule has 1 amide bonds. The Bertz CT molecular complexity index is 1370. The van der Waals surface area contributed by atoms with E-state index in [1.807, 2.05) is 55.5 Å². The normalized spacial score (nSPS) is 11.2. The van der Waals surface area contributed by atoms with Crippen molar-refractivity contribution in [2.24, 2.45) is 0 Å². The van der Waals surface area contributed by atoms with Gasteiger partial charge in [-0.15, -0.1) is 0 Å². The van der Waals surface area contributed by atoms with E-state index in [0.717, 1.165) is 32.3 Å². The average molecular weight is 443 g/mol. The summed E-state index contributed by atoms with van der Waals surface area (Å²) in [7, 11) is 0. The van der Waals surface area contributed by atoms with Crippen LogP contribution in [0.2, 0.25) is 0 Å². The fourth-order valence-electron chi connectivity index (χ4n) is 3.74. The Labute approximate surface area is 189 Å². The lowest BCUT2D eigenvalue weighted by Gasteiger charge is -2.19. The second-order valence-electron chi connectivity index (χ2n) is 7.45.